The van der Waals surface area contributed by atoms with Crippen LogP contribution in [-0.4, -0.2) is 138 Å². The van der Waals surface area contributed by atoms with Crippen molar-refractivity contribution in [2.45, 2.75) is 56.3 Å². The predicted octanol–water partition coefficient (Wildman–Crippen LogP) is 0.861. The molecule has 0 aliphatic carbocycles. The number of hydrogen-bond donors (Lipinski definition) is 1. The number of fused-ring (bicyclic) bond motifs is 1. The van der Waals surface area contributed by atoms with Crippen LogP contribution in [0.1, 0.15) is 38.1 Å². The third-order valence-corrected chi connectivity index (χ3v) is 9.34. The summed E-state index contributed by atoms with van der Waals surface area (Å²) in [4.78, 5) is 46.6. The number of rotatable bonds is 4. The molecule has 6 rings (SSSR count). The van der Waals surface area contributed by atoms with Crippen LogP contribution in [0, 0.1) is 5.82 Å². The predicted molar refractivity (Wildman–Crippen MR) is 159 cm³/mol. The molecule has 0 spiro atoms. The van der Waals surface area contributed by atoms with Gasteiger partial charge in [-0.1, -0.05) is 5.21 Å². The van der Waals surface area contributed by atoms with Gasteiger partial charge in [0, 0.05) is 63.5 Å². The van der Waals surface area contributed by atoms with Crippen LogP contribution in [-0.2, 0) is 28.6 Å². The lowest BCUT2D eigenvalue weighted by Crippen LogP contribution is -2.55. The molecule has 2 aromatic rings. The topological polar surface area (TPSA) is 131 Å². The van der Waals surface area contributed by atoms with Gasteiger partial charge in [0.2, 0.25) is 17.7 Å². The standard InChI is InChI=1S/C31H42FN7O6/c32-23-3-1-22(2-4-23)27-19-39(35-34-27)26-17-28-31(42)33-9-14-44-15-16-45-21-30(41)37(20-29(40)38(28)18-26)25-5-10-36(11-6-25)24-7-12-43-13-8-24/h1-4,19,24-26,28H,5-18,20-21H2,(H,33,42)/t26-,28-/m0/s1. The fraction of sp³-hybridized carbons (Fsp3) is 0.645. The molecule has 13 nitrogen and oxygen atoms in total. The Morgan fingerprint density at radius 2 is 1.53 bits per heavy atom. The second-order valence-corrected chi connectivity index (χ2v) is 12.1. The molecular formula is C31H42FN7O6. The zero-order valence-electron chi connectivity index (χ0n) is 25.5. The third-order valence-electron chi connectivity index (χ3n) is 9.34. The van der Waals surface area contributed by atoms with Crippen LogP contribution in [0.15, 0.2) is 30.5 Å². The number of amides is 3. The highest BCUT2D eigenvalue weighted by molar-refractivity contribution is 5.91. The van der Waals surface area contributed by atoms with Crippen LogP contribution in [0.2, 0.25) is 0 Å². The Labute approximate surface area is 261 Å². The van der Waals surface area contributed by atoms with E-state index in [0.29, 0.717) is 30.3 Å². The second kappa shape index (κ2) is 14.8. The number of ether oxygens (including phenoxy) is 3. The summed E-state index contributed by atoms with van der Waals surface area (Å²) < 4.78 is 31.8. The molecule has 0 unspecified atom stereocenters. The normalized spacial score (nSPS) is 25.9. The Morgan fingerprint density at radius 3 is 2.31 bits per heavy atom. The van der Waals surface area contributed by atoms with Gasteiger partial charge in [-0.25, -0.2) is 9.07 Å². The first kappa shape index (κ1) is 31.5. The molecule has 45 heavy (non-hydrogen) atoms. The van der Waals surface area contributed by atoms with Crippen LogP contribution < -0.4 is 5.32 Å². The van der Waals surface area contributed by atoms with Crippen LogP contribution in [0.4, 0.5) is 4.39 Å². The number of hydrogen-bond acceptors (Lipinski definition) is 9. The maximum Gasteiger partial charge on any atom is 0.249 e. The molecule has 14 heteroatoms. The highest BCUT2D eigenvalue weighted by atomic mass is 19.1. The zero-order chi connectivity index (χ0) is 31.2. The Bertz CT molecular complexity index is 1310. The minimum Gasteiger partial charge on any atom is -0.381 e. The summed E-state index contributed by atoms with van der Waals surface area (Å²) >= 11 is 0. The van der Waals surface area contributed by atoms with Gasteiger partial charge in [-0.15, -0.1) is 5.10 Å². The Kier molecular flexibility index (Phi) is 10.3. The summed E-state index contributed by atoms with van der Waals surface area (Å²) in [6.45, 7) is 4.34. The summed E-state index contributed by atoms with van der Waals surface area (Å²) in [6, 6.07) is 5.32. The number of aromatic nitrogens is 3. The fourth-order valence-electron chi connectivity index (χ4n) is 6.83. The van der Waals surface area contributed by atoms with Crippen molar-refractivity contribution < 1.29 is 33.0 Å². The molecule has 1 N–H and O–H groups in total. The van der Waals surface area contributed by atoms with E-state index in [4.69, 9.17) is 14.2 Å². The molecule has 0 bridgehead atoms. The number of nitrogens with one attached hydrogen (secondary N) is 1. The minimum atomic E-state index is -0.741. The monoisotopic (exact) mass is 627 g/mol. The van der Waals surface area contributed by atoms with Gasteiger partial charge in [-0.2, -0.15) is 0 Å². The maximum atomic E-state index is 14.0. The summed E-state index contributed by atoms with van der Waals surface area (Å²) in [5.41, 5.74) is 1.28. The Morgan fingerprint density at radius 1 is 0.800 bits per heavy atom. The van der Waals surface area contributed by atoms with Crippen molar-refractivity contribution in [2.75, 3.05) is 72.4 Å². The zero-order valence-corrected chi connectivity index (χ0v) is 25.5. The molecule has 4 aliphatic rings. The van der Waals surface area contributed by atoms with E-state index in [-0.39, 0.29) is 75.1 Å². The smallest absolute Gasteiger partial charge is 0.249 e. The molecule has 3 amide bonds. The van der Waals surface area contributed by atoms with E-state index < -0.39 is 6.04 Å². The van der Waals surface area contributed by atoms with E-state index in [0.717, 1.165) is 52.0 Å². The first-order chi connectivity index (χ1) is 22.0. The van der Waals surface area contributed by atoms with E-state index in [1.807, 2.05) is 0 Å². The molecule has 2 atom stereocenters. The third kappa shape index (κ3) is 7.68. The van der Waals surface area contributed by atoms with Crippen molar-refractivity contribution in [1.29, 1.82) is 0 Å². The fourth-order valence-corrected chi connectivity index (χ4v) is 6.83. The molecule has 0 radical (unpaired) electrons. The second-order valence-electron chi connectivity index (χ2n) is 12.1. The van der Waals surface area contributed by atoms with E-state index in [1.54, 1.807) is 32.8 Å². The first-order valence-electron chi connectivity index (χ1n) is 16.0. The largest absolute Gasteiger partial charge is 0.381 e. The molecular weight excluding hydrogens is 585 g/mol. The van der Waals surface area contributed by atoms with Crippen LogP contribution in [0.5, 0.6) is 0 Å². The SMILES string of the molecule is O=C1NCCOCCOCC(=O)N(C2CCN(C3CCOCC3)CC2)CC(=O)N2C[C@@H](n3cc(-c4ccc(F)cc4)nn3)C[C@@H]12. The highest BCUT2D eigenvalue weighted by Crippen LogP contribution is 2.30. The summed E-state index contributed by atoms with van der Waals surface area (Å²) in [5.74, 6) is -1.14. The van der Waals surface area contributed by atoms with Gasteiger partial charge in [0.05, 0.1) is 32.1 Å². The molecule has 244 valence electrons. The van der Waals surface area contributed by atoms with Crippen LogP contribution in [0.3, 0.4) is 0 Å². The van der Waals surface area contributed by atoms with Gasteiger partial charge >= 0.3 is 0 Å². The molecule has 1 aromatic heterocycles. The van der Waals surface area contributed by atoms with Gasteiger partial charge in [-0.05, 0) is 49.9 Å². The number of halogens is 1. The van der Waals surface area contributed by atoms with Crippen LogP contribution >= 0.6 is 0 Å². The van der Waals surface area contributed by atoms with Gasteiger partial charge < -0.3 is 34.2 Å². The number of piperidine rings is 1. The quantitative estimate of drug-likeness (QED) is 0.525. The Hall–Kier alpha value is -3.46. The summed E-state index contributed by atoms with van der Waals surface area (Å²) in [5, 5.41) is 11.4. The van der Waals surface area contributed by atoms with E-state index in [9.17, 15) is 18.8 Å². The van der Waals surface area contributed by atoms with Gasteiger partial charge in [0.1, 0.15) is 30.7 Å². The molecule has 4 saturated heterocycles. The lowest BCUT2D eigenvalue weighted by Gasteiger charge is -2.42. The number of carbonyl (C=O) groups is 3. The highest BCUT2D eigenvalue weighted by Gasteiger charge is 2.42. The van der Waals surface area contributed by atoms with Crippen molar-refractivity contribution in [3.63, 3.8) is 0 Å². The summed E-state index contributed by atoms with van der Waals surface area (Å²) in [6.07, 6.45) is 5.64. The lowest BCUT2D eigenvalue weighted by atomic mass is 9.98. The van der Waals surface area contributed by atoms with E-state index in [2.05, 4.69) is 20.5 Å². The van der Waals surface area contributed by atoms with Gasteiger partial charge in [0.15, 0.2) is 0 Å². The molecule has 5 heterocycles. The van der Waals surface area contributed by atoms with Gasteiger partial charge in [0.25, 0.3) is 0 Å². The van der Waals surface area contributed by atoms with E-state index in [1.165, 1.54) is 12.1 Å². The minimum absolute atomic E-state index is 0.104. The van der Waals surface area contributed by atoms with Gasteiger partial charge in [-0.3, -0.25) is 14.4 Å². The van der Waals surface area contributed by atoms with Crippen molar-refractivity contribution in [1.82, 2.24) is 35.0 Å². The number of likely N-dealkylation sites (tertiary alicyclic amines) is 1. The van der Waals surface area contributed by atoms with E-state index >= 15 is 0 Å². The average Bonchev–Trinajstić information content (AvgIpc) is 3.74. The molecule has 4 fully saturated rings. The van der Waals surface area contributed by atoms with Crippen molar-refractivity contribution in [3.8, 4) is 11.3 Å². The van der Waals surface area contributed by atoms with Crippen molar-refractivity contribution in [3.05, 3.63) is 36.3 Å². The maximum absolute atomic E-state index is 14.0. The van der Waals surface area contributed by atoms with Crippen molar-refractivity contribution >= 4 is 17.7 Å². The average molecular weight is 628 g/mol. The molecule has 4 aliphatic heterocycles. The Balaban J connectivity index is 1.18. The summed E-state index contributed by atoms with van der Waals surface area (Å²) in [7, 11) is 0. The number of carbonyl (C=O) groups excluding carboxylic acids is 3. The van der Waals surface area contributed by atoms with Crippen molar-refractivity contribution in [2.24, 2.45) is 0 Å². The molecule has 0 saturated carbocycles. The lowest BCUT2D eigenvalue weighted by molar-refractivity contribution is -0.148. The number of benzene rings is 1. The molecule has 1 aromatic carbocycles. The van der Waals surface area contributed by atoms with Crippen LogP contribution in [0.25, 0.3) is 11.3 Å². The number of nitrogens with zero attached hydrogens (tertiary/aromatic N) is 6. The first-order valence-corrected chi connectivity index (χ1v) is 16.0.